The van der Waals surface area contributed by atoms with E-state index in [1.807, 2.05) is 0 Å². The average molecular weight is 328 g/mol. The zero-order valence-electron chi connectivity index (χ0n) is 12.2. The molecule has 1 aromatic heterocycles. The molecule has 0 bridgehead atoms. The topological polar surface area (TPSA) is 74.5 Å². The van der Waals surface area contributed by atoms with Crippen LogP contribution in [0.3, 0.4) is 0 Å². The van der Waals surface area contributed by atoms with Gasteiger partial charge in [0.15, 0.2) is 5.76 Å². The Labute approximate surface area is 130 Å². The normalized spacial score (nSPS) is 11.3. The summed E-state index contributed by atoms with van der Waals surface area (Å²) in [6.45, 7) is 1.34. The predicted molar refractivity (Wildman–Crippen MR) is 78.4 cm³/mol. The number of rotatable bonds is 5. The highest BCUT2D eigenvalue weighted by atomic mass is 19.4. The van der Waals surface area contributed by atoms with Crippen LogP contribution in [0.2, 0.25) is 0 Å². The maximum atomic E-state index is 13.1. The zero-order chi connectivity index (χ0) is 17.0. The van der Waals surface area contributed by atoms with E-state index in [0.717, 1.165) is 6.07 Å². The van der Waals surface area contributed by atoms with Gasteiger partial charge in [-0.1, -0.05) is 0 Å². The minimum atomic E-state index is -4.60. The van der Waals surface area contributed by atoms with Crippen LogP contribution in [-0.2, 0) is 6.18 Å². The van der Waals surface area contributed by atoms with Gasteiger partial charge in [0, 0.05) is 17.9 Å². The molecular weight excluding hydrogens is 313 g/mol. The summed E-state index contributed by atoms with van der Waals surface area (Å²) in [5.41, 5.74) is -1.11. The molecule has 0 aliphatic rings. The summed E-state index contributed by atoms with van der Waals surface area (Å²) in [6, 6.07) is 6.38. The third-order valence-electron chi connectivity index (χ3n) is 2.97. The summed E-state index contributed by atoms with van der Waals surface area (Å²) in [5.74, 6) is -0.101. The monoisotopic (exact) mass is 328 g/mol. The summed E-state index contributed by atoms with van der Waals surface area (Å²) >= 11 is 0. The highest BCUT2D eigenvalue weighted by Gasteiger charge is 2.34. The van der Waals surface area contributed by atoms with E-state index in [1.54, 1.807) is 13.0 Å². The first-order chi connectivity index (χ1) is 10.8. The molecule has 0 unspecified atom stereocenters. The van der Waals surface area contributed by atoms with Crippen molar-refractivity contribution in [2.24, 2.45) is 0 Å². The van der Waals surface area contributed by atoms with Gasteiger partial charge in [0.25, 0.3) is 5.91 Å². The van der Waals surface area contributed by atoms with Gasteiger partial charge < -0.3 is 20.2 Å². The summed E-state index contributed by atoms with van der Waals surface area (Å²) in [4.78, 5) is 11.9. The molecular formula is C15H15F3N2O3. The Balaban J connectivity index is 2.24. The molecule has 0 saturated heterocycles. The second-order valence-electron chi connectivity index (χ2n) is 4.77. The van der Waals surface area contributed by atoms with Crippen LogP contribution in [0.15, 0.2) is 34.7 Å². The van der Waals surface area contributed by atoms with Gasteiger partial charge >= 0.3 is 6.18 Å². The summed E-state index contributed by atoms with van der Waals surface area (Å²) in [6.07, 6.45) is -4.60. The van der Waals surface area contributed by atoms with Crippen LogP contribution < -0.4 is 10.6 Å². The van der Waals surface area contributed by atoms with Crippen LogP contribution >= 0.6 is 0 Å². The van der Waals surface area contributed by atoms with Crippen LogP contribution in [0, 0.1) is 6.92 Å². The molecule has 8 heteroatoms. The van der Waals surface area contributed by atoms with Gasteiger partial charge in [-0.2, -0.15) is 13.2 Å². The molecule has 0 fully saturated rings. The Hall–Kier alpha value is -2.48. The van der Waals surface area contributed by atoms with Gasteiger partial charge in [0.1, 0.15) is 5.76 Å². The maximum Gasteiger partial charge on any atom is 0.418 e. The number of halogens is 3. The smallest absolute Gasteiger partial charge is 0.418 e. The van der Waals surface area contributed by atoms with Gasteiger partial charge in [0.05, 0.1) is 12.2 Å². The third-order valence-corrected chi connectivity index (χ3v) is 2.97. The molecule has 0 saturated carbocycles. The minimum absolute atomic E-state index is 0.00840. The Kier molecular flexibility index (Phi) is 4.95. The molecule has 1 amide bonds. The Morgan fingerprint density at radius 2 is 2.00 bits per heavy atom. The fraction of sp³-hybridized carbons (Fsp3) is 0.267. The van der Waals surface area contributed by atoms with Crippen LogP contribution in [0.1, 0.15) is 21.9 Å². The molecule has 0 aliphatic carbocycles. The fourth-order valence-corrected chi connectivity index (χ4v) is 1.95. The van der Waals surface area contributed by atoms with Crippen molar-refractivity contribution in [1.82, 2.24) is 0 Å². The number of amides is 1. The first-order valence-corrected chi connectivity index (χ1v) is 6.75. The van der Waals surface area contributed by atoms with Gasteiger partial charge in [0.2, 0.25) is 0 Å². The molecule has 1 aromatic carbocycles. The molecule has 0 spiro atoms. The molecule has 0 radical (unpaired) electrons. The predicted octanol–water partition coefficient (Wildman–Crippen LogP) is 3.26. The van der Waals surface area contributed by atoms with E-state index in [9.17, 15) is 18.0 Å². The van der Waals surface area contributed by atoms with Crippen LogP contribution in [0.4, 0.5) is 24.5 Å². The number of alkyl halides is 3. The first kappa shape index (κ1) is 16.9. The van der Waals surface area contributed by atoms with Gasteiger partial charge in [-0.3, -0.25) is 4.79 Å². The highest BCUT2D eigenvalue weighted by molar-refractivity contribution is 6.02. The first-order valence-electron chi connectivity index (χ1n) is 6.75. The van der Waals surface area contributed by atoms with Crippen molar-refractivity contribution in [3.05, 3.63) is 47.4 Å². The molecule has 2 aromatic rings. The number of aliphatic hydroxyl groups is 1. The largest absolute Gasteiger partial charge is 0.456 e. The summed E-state index contributed by atoms with van der Waals surface area (Å²) in [7, 11) is 0. The lowest BCUT2D eigenvalue weighted by Gasteiger charge is -2.15. The third kappa shape index (κ3) is 4.26. The molecule has 3 N–H and O–H groups in total. The van der Waals surface area contributed by atoms with E-state index >= 15 is 0 Å². The van der Waals surface area contributed by atoms with Crippen molar-refractivity contribution in [2.45, 2.75) is 13.1 Å². The number of carbonyl (C=O) groups is 1. The van der Waals surface area contributed by atoms with Crippen molar-refractivity contribution in [1.29, 1.82) is 0 Å². The second-order valence-corrected chi connectivity index (χ2v) is 4.77. The number of hydrogen-bond acceptors (Lipinski definition) is 4. The second kappa shape index (κ2) is 6.74. The zero-order valence-corrected chi connectivity index (χ0v) is 12.2. The van der Waals surface area contributed by atoms with E-state index in [0.29, 0.717) is 5.76 Å². The number of aliphatic hydroxyl groups excluding tert-OH is 1. The Morgan fingerprint density at radius 1 is 1.26 bits per heavy atom. The van der Waals surface area contributed by atoms with Crippen molar-refractivity contribution in [3.63, 3.8) is 0 Å². The maximum absolute atomic E-state index is 13.1. The van der Waals surface area contributed by atoms with E-state index in [4.69, 9.17) is 9.52 Å². The highest BCUT2D eigenvalue weighted by Crippen LogP contribution is 2.36. The SMILES string of the molecule is Cc1ccc(C(=O)Nc2ccc(NCCO)c(C(F)(F)F)c2)o1. The van der Waals surface area contributed by atoms with Crippen LogP contribution in [0.25, 0.3) is 0 Å². The summed E-state index contributed by atoms with van der Waals surface area (Å²) in [5, 5.41) is 13.6. The van der Waals surface area contributed by atoms with Crippen molar-refractivity contribution in [3.8, 4) is 0 Å². The van der Waals surface area contributed by atoms with Gasteiger partial charge in [-0.25, -0.2) is 0 Å². The molecule has 124 valence electrons. The van der Waals surface area contributed by atoms with E-state index in [1.165, 1.54) is 18.2 Å². The number of benzene rings is 1. The van der Waals surface area contributed by atoms with Crippen molar-refractivity contribution in [2.75, 3.05) is 23.8 Å². The van der Waals surface area contributed by atoms with E-state index in [-0.39, 0.29) is 30.3 Å². The van der Waals surface area contributed by atoms with E-state index < -0.39 is 17.6 Å². The van der Waals surface area contributed by atoms with Crippen molar-refractivity contribution >= 4 is 17.3 Å². The molecule has 1 heterocycles. The molecule has 5 nitrogen and oxygen atoms in total. The van der Waals surface area contributed by atoms with Gasteiger partial charge in [-0.15, -0.1) is 0 Å². The van der Waals surface area contributed by atoms with Crippen LogP contribution in [-0.4, -0.2) is 24.2 Å². The number of carbonyl (C=O) groups excluding carboxylic acids is 1. The molecule has 0 aliphatic heterocycles. The number of nitrogens with one attached hydrogen (secondary N) is 2. The number of furan rings is 1. The average Bonchev–Trinajstić information content (AvgIpc) is 2.91. The van der Waals surface area contributed by atoms with Crippen molar-refractivity contribution < 1.29 is 27.5 Å². The number of anilines is 2. The number of aryl methyl sites for hydroxylation is 1. The Morgan fingerprint density at radius 3 is 2.57 bits per heavy atom. The summed E-state index contributed by atoms with van der Waals surface area (Å²) < 4.78 is 44.4. The van der Waals surface area contributed by atoms with Gasteiger partial charge in [-0.05, 0) is 37.3 Å². The fourth-order valence-electron chi connectivity index (χ4n) is 1.95. The Bertz CT molecular complexity index is 696. The lowest BCUT2D eigenvalue weighted by atomic mass is 10.1. The minimum Gasteiger partial charge on any atom is -0.456 e. The standard InChI is InChI=1S/C15H15F3N2O3/c1-9-2-5-13(23-9)14(22)20-10-3-4-12(19-6-7-21)11(8-10)15(16,17)18/h2-5,8,19,21H,6-7H2,1H3,(H,20,22). The molecule has 23 heavy (non-hydrogen) atoms. The lowest BCUT2D eigenvalue weighted by molar-refractivity contribution is -0.136. The quantitative estimate of drug-likeness (QED) is 0.787. The van der Waals surface area contributed by atoms with Crippen LogP contribution in [0.5, 0.6) is 0 Å². The number of hydrogen-bond donors (Lipinski definition) is 3. The molecule has 0 atom stereocenters. The van der Waals surface area contributed by atoms with E-state index in [2.05, 4.69) is 10.6 Å². The lowest BCUT2D eigenvalue weighted by Crippen LogP contribution is -2.15. The molecule has 2 rings (SSSR count).